The van der Waals surface area contributed by atoms with Crippen LogP contribution in [0.3, 0.4) is 0 Å². The Morgan fingerprint density at radius 2 is 1.88 bits per heavy atom. The van der Waals surface area contributed by atoms with E-state index >= 15 is 0 Å². The summed E-state index contributed by atoms with van der Waals surface area (Å²) in [6.45, 7) is 7.63. The Balaban J connectivity index is 1.04. The Kier molecular flexibility index (Phi) is 7.21. The van der Waals surface area contributed by atoms with Crippen molar-refractivity contribution < 1.29 is 4.79 Å². The standard InChI is InChI=1S/C26H33ClN6O/c27-21-9-10-23-24(18-21)30-26(29-23)33-13-4-6-20(19-33)25(34)28-11-5-12-31-14-16-32(17-15-31)22-7-2-1-3-8-22/h1-3,7-10,18,20H,4-6,11-17,19H2,(H,28,34)(H,29,30). The molecule has 34 heavy (non-hydrogen) atoms. The lowest BCUT2D eigenvalue weighted by Gasteiger charge is -2.36. The maximum atomic E-state index is 12.8. The van der Waals surface area contributed by atoms with Crippen LogP contribution in [0.5, 0.6) is 0 Å². The van der Waals surface area contributed by atoms with Gasteiger partial charge in [-0.05, 0) is 56.1 Å². The number of amides is 1. The summed E-state index contributed by atoms with van der Waals surface area (Å²) in [6.07, 6.45) is 2.90. The first kappa shape index (κ1) is 23.0. The number of aromatic amines is 1. The second-order valence-corrected chi connectivity index (χ2v) is 9.75. The summed E-state index contributed by atoms with van der Waals surface area (Å²) in [5, 5.41) is 3.87. The van der Waals surface area contributed by atoms with E-state index in [4.69, 9.17) is 16.6 Å². The number of carbonyl (C=O) groups excluding carboxylic acids is 1. The van der Waals surface area contributed by atoms with Gasteiger partial charge in [0.1, 0.15) is 0 Å². The van der Waals surface area contributed by atoms with E-state index in [9.17, 15) is 4.79 Å². The van der Waals surface area contributed by atoms with Crippen molar-refractivity contribution in [1.29, 1.82) is 0 Å². The van der Waals surface area contributed by atoms with Crippen LogP contribution in [-0.2, 0) is 4.79 Å². The second kappa shape index (κ2) is 10.7. The lowest BCUT2D eigenvalue weighted by atomic mass is 9.97. The Morgan fingerprint density at radius 1 is 1.06 bits per heavy atom. The highest BCUT2D eigenvalue weighted by atomic mass is 35.5. The number of imidazole rings is 1. The SMILES string of the molecule is O=C(NCCCN1CCN(c2ccccc2)CC1)C1CCCN(c2nc3ccc(Cl)cc3[nH]2)C1. The summed E-state index contributed by atoms with van der Waals surface area (Å²) >= 11 is 6.10. The molecule has 2 fully saturated rings. The van der Waals surface area contributed by atoms with Crippen LogP contribution in [0.1, 0.15) is 19.3 Å². The molecule has 8 heteroatoms. The maximum absolute atomic E-state index is 12.8. The third-order valence-electron chi connectivity index (χ3n) is 6.97. The highest BCUT2D eigenvalue weighted by Crippen LogP contribution is 2.25. The molecule has 180 valence electrons. The zero-order valence-corrected chi connectivity index (χ0v) is 20.3. The molecular formula is C26H33ClN6O. The van der Waals surface area contributed by atoms with Crippen LogP contribution in [0.15, 0.2) is 48.5 Å². The predicted octanol–water partition coefficient (Wildman–Crippen LogP) is 3.76. The molecule has 0 aliphatic carbocycles. The first-order chi connectivity index (χ1) is 16.7. The summed E-state index contributed by atoms with van der Waals surface area (Å²) in [4.78, 5) is 28.0. The molecular weight excluding hydrogens is 448 g/mol. The average Bonchev–Trinajstić information content (AvgIpc) is 3.31. The normalized spacial score (nSPS) is 19.5. The van der Waals surface area contributed by atoms with Gasteiger partial charge >= 0.3 is 0 Å². The number of aromatic nitrogens is 2. The van der Waals surface area contributed by atoms with Crippen LogP contribution in [0.2, 0.25) is 5.02 Å². The topological polar surface area (TPSA) is 67.5 Å². The number of piperidine rings is 1. The van der Waals surface area contributed by atoms with Gasteiger partial charge in [0.15, 0.2) is 0 Å². The molecule has 0 bridgehead atoms. The lowest BCUT2D eigenvalue weighted by Crippen LogP contribution is -2.47. The summed E-state index contributed by atoms with van der Waals surface area (Å²) in [6, 6.07) is 16.3. The third-order valence-corrected chi connectivity index (χ3v) is 7.20. The van der Waals surface area contributed by atoms with Crippen LogP contribution in [0, 0.1) is 5.92 Å². The first-order valence-electron chi connectivity index (χ1n) is 12.4. The number of hydrogen-bond donors (Lipinski definition) is 2. The number of fused-ring (bicyclic) bond motifs is 1. The molecule has 1 unspecified atom stereocenters. The zero-order chi connectivity index (χ0) is 23.3. The minimum atomic E-state index is -0.0000301. The molecule has 2 aromatic carbocycles. The Morgan fingerprint density at radius 3 is 2.71 bits per heavy atom. The van der Waals surface area contributed by atoms with Gasteiger partial charge < -0.3 is 20.1 Å². The fourth-order valence-electron chi connectivity index (χ4n) is 5.03. The van der Waals surface area contributed by atoms with Crippen LogP contribution < -0.4 is 15.1 Å². The van der Waals surface area contributed by atoms with Gasteiger partial charge in [0, 0.05) is 56.5 Å². The number of carbonyl (C=O) groups is 1. The Labute approximate surface area is 206 Å². The van der Waals surface area contributed by atoms with Crippen molar-refractivity contribution in [3.05, 3.63) is 53.6 Å². The molecule has 2 aliphatic heterocycles. The number of halogens is 1. The van der Waals surface area contributed by atoms with E-state index in [0.717, 1.165) is 82.1 Å². The largest absolute Gasteiger partial charge is 0.369 e. The third kappa shape index (κ3) is 5.47. The van der Waals surface area contributed by atoms with Crippen LogP contribution in [0.4, 0.5) is 11.6 Å². The highest BCUT2D eigenvalue weighted by molar-refractivity contribution is 6.31. The quantitative estimate of drug-likeness (QED) is 0.504. The molecule has 0 spiro atoms. The lowest BCUT2D eigenvalue weighted by molar-refractivity contribution is -0.125. The fourth-order valence-corrected chi connectivity index (χ4v) is 5.20. The molecule has 2 saturated heterocycles. The molecule has 1 atom stereocenters. The molecule has 2 aliphatic rings. The molecule has 1 amide bonds. The summed E-state index contributed by atoms with van der Waals surface area (Å²) < 4.78 is 0. The molecule has 5 rings (SSSR count). The second-order valence-electron chi connectivity index (χ2n) is 9.32. The van der Waals surface area contributed by atoms with E-state index in [1.54, 1.807) is 0 Å². The van der Waals surface area contributed by atoms with E-state index < -0.39 is 0 Å². The van der Waals surface area contributed by atoms with Crippen LogP contribution in [0.25, 0.3) is 11.0 Å². The van der Waals surface area contributed by atoms with Crippen molar-refractivity contribution in [2.45, 2.75) is 19.3 Å². The first-order valence-corrected chi connectivity index (χ1v) is 12.7. The minimum Gasteiger partial charge on any atom is -0.369 e. The van der Waals surface area contributed by atoms with E-state index in [2.05, 4.69) is 55.3 Å². The fraction of sp³-hybridized carbons (Fsp3) is 0.462. The number of piperazine rings is 1. The van der Waals surface area contributed by atoms with Crippen molar-refractivity contribution in [3.8, 4) is 0 Å². The average molecular weight is 481 g/mol. The van der Waals surface area contributed by atoms with Gasteiger partial charge in [0.25, 0.3) is 0 Å². The Hall–Kier alpha value is -2.77. The maximum Gasteiger partial charge on any atom is 0.224 e. The van der Waals surface area contributed by atoms with Crippen molar-refractivity contribution in [3.63, 3.8) is 0 Å². The molecule has 1 aromatic heterocycles. The smallest absolute Gasteiger partial charge is 0.224 e. The number of para-hydroxylation sites is 1. The molecule has 0 radical (unpaired) electrons. The van der Waals surface area contributed by atoms with E-state index in [1.807, 2.05) is 18.2 Å². The van der Waals surface area contributed by atoms with Crippen LogP contribution >= 0.6 is 11.6 Å². The molecule has 3 aromatic rings. The Bertz CT molecular complexity index is 1100. The van der Waals surface area contributed by atoms with Gasteiger partial charge in [-0.1, -0.05) is 29.8 Å². The van der Waals surface area contributed by atoms with Gasteiger partial charge in [-0.25, -0.2) is 4.98 Å². The number of anilines is 2. The number of nitrogens with one attached hydrogen (secondary N) is 2. The predicted molar refractivity (Wildman–Crippen MR) is 139 cm³/mol. The van der Waals surface area contributed by atoms with E-state index in [1.165, 1.54) is 5.69 Å². The molecule has 3 heterocycles. The number of H-pyrrole nitrogens is 1. The summed E-state index contributed by atoms with van der Waals surface area (Å²) in [5.74, 6) is 0.988. The summed E-state index contributed by atoms with van der Waals surface area (Å²) in [5.41, 5.74) is 3.14. The zero-order valence-electron chi connectivity index (χ0n) is 19.5. The van der Waals surface area contributed by atoms with Crippen molar-refractivity contribution in [2.75, 3.05) is 62.2 Å². The molecule has 2 N–H and O–H groups in total. The van der Waals surface area contributed by atoms with Crippen molar-refractivity contribution in [2.24, 2.45) is 5.92 Å². The van der Waals surface area contributed by atoms with E-state index in [0.29, 0.717) is 11.6 Å². The monoisotopic (exact) mass is 480 g/mol. The molecule has 0 saturated carbocycles. The minimum absolute atomic E-state index is 0.0000301. The van der Waals surface area contributed by atoms with Crippen molar-refractivity contribution in [1.82, 2.24) is 20.2 Å². The van der Waals surface area contributed by atoms with Gasteiger partial charge in [-0.2, -0.15) is 0 Å². The van der Waals surface area contributed by atoms with Crippen molar-refractivity contribution >= 4 is 40.2 Å². The number of rotatable bonds is 7. The number of benzene rings is 2. The van der Waals surface area contributed by atoms with Gasteiger partial charge in [0.05, 0.1) is 17.0 Å². The van der Waals surface area contributed by atoms with Gasteiger partial charge in [-0.15, -0.1) is 0 Å². The van der Waals surface area contributed by atoms with Gasteiger partial charge in [0.2, 0.25) is 11.9 Å². The highest BCUT2D eigenvalue weighted by Gasteiger charge is 2.27. The molecule has 7 nitrogen and oxygen atoms in total. The summed E-state index contributed by atoms with van der Waals surface area (Å²) in [7, 11) is 0. The van der Waals surface area contributed by atoms with Gasteiger partial charge in [-0.3, -0.25) is 9.69 Å². The van der Waals surface area contributed by atoms with Crippen LogP contribution in [-0.4, -0.2) is 73.1 Å². The van der Waals surface area contributed by atoms with E-state index in [-0.39, 0.29) is 11.8 Å². The number of nitrogens with zero attached hydrogens (tertiary/aromatic N) is 4. The number of hydrogen-bond acceptors (Lipinski definition) is 5.